The van der Waals surface area contributed by atoms with Crippen LogP contribution in [0, 0.1) is 0 Å². The molecule has 0 saturated carbocycles. The van der Waals surface area contributed by atoms with Gasteiger partial charge in [0.1, 0.15) is 24.6 Å². The van der Waals surface area contributed by atoms with Gasteiger partial charge in [0.25, 0.3) is 0 Å². The van der Waals surface area contributed by atoms with Crippen LogP contribution in [0.4, 0.5) is 13.2 Å². The van der Waals surface area contributed by atoms with Crippen LogP contribution < -0.4 is 10.1 Å². The van der Waals surface area contributed by atoms with Gasteiger partial charge in [0.2, 0.25) is 5.91 Å². The van der Waals surface area contributed by atoms with Crippen LogP contribution in [0.25, 0.3) is 0 Å². The van der Waals surface area contributed by atoms with E-state index >= 15 is 0 Å². The second-order valence-corrected chi connectivity index (χ2v) is 5.00. The second kappa shape index (κ2) is 9.29. The number of hydrogen-bond acceptors (Lipinski definition) is 4. The molecule has 2 atom stereocenters. The van der Waals surface area contributed by atoms with Crippen LogP contribution in [-0.2, 0) is 15.7 Å². The van der Waals surface area contributed by atoms with Crippen LogP contribution in [-0.4, -0.2) is 43.0 Å². The van der Waals surface area contributed by atoms with Gasteiger partial charge in [-0.05, 0) is 31.2 Å². The molecule has 24 heavy (non-hydrogen) atoms. The average molecular weight is 347 g/mol. The fourth-order valence-corrected chi connectivity index (χ4v) is 1.64. The highest BCUT2D eigenvalue weighted by molar-refractivity contribution is 5.80. The van der Waals surface area contributed by atoms with Gasteiger partial charge in [-0.15, -0.1) is 6.58 Å². The smallest absolute Gasteiger partial charge is 0.416 e. The van der Waals surface area contributed by atoms with Crippen molar-refractivity contribution in [1.82, 2.24) is 5.32 Å². The lowest BCUT2D eigenvalue weighted by Gasteiger charge is -2.16. The summed E-state index contributed by atoms with van der Waals surface area (Å²) < 4.78 is 47.5. The number of nitrogens with one attached hydrogen (secondary N) is 1. The molecule has 1 aromatic carbocycles. The summed E-state index contributed by atoms with van der Waals surface area (Å²) in [5, 5.41) is 12.2. The Hall–Kier alpha value is -2.06. The van der Waals surface area contributed by atoms with Crippen molar-refractivity contribution in [2.24, 2.45) is 0 Å². The average Bonchev–Trinajstić information content (AvgIpc) is 2.55. The molecule has 0 aromatic heterocycles. The summed E-state index contributed by atoms with van der Waals surface area (Å²) in [5.41, 5.74) is -0.781. The zero-order chi connectivity index (χ0) is 18.2. The lowest BCUT2D eigenvalue weighted by atomic mass is 10.2. The third-order valence-electron chi connectivity index (χ3n) is 2.97. The van der Waals surface area contributed by atoms with E-state index in [1.807, 2.05) is 0 Å². The minimum Gasteiger partial charge on any atom is -0.491 e. The number of carbonyl (C=O) groups excluding carboxylic acids is 1. The van der Waals surface area contributed by atoms with Crippen molar-refractivity contribution in [2.75, 3.05) is 19.8 Å². The molecular weight excluding hydrogens is 327 g/mol. The van der Waals surface area contributed by atoms with Crippen molar-refractivity contribution in [3.05, 3.63) is 42.5 Å². The first-order valence-electron chi connectivity index (χ1n) is 7.22. The number of alkyl halides is 3. The highest BCUT2D eigenvalue weighted by atomic mass is 19.4. The van der Waals surface area contributed by atoms with E-state index in [1.54, 1.807) is 6.92 Å². The number of benzene rings is 1. The molecule has 0 aliphatic heterocycles. The number of aliphatic hydroxyl groups excluding tert-OH is 1. The molecule has 1 rings (SSSR count). The molecule has 0 spiro atoms. The molecule has 5 nitrogen and oxygen atoms in total. The molecular formula is C16H20F3NO4. The third-order valence-corrected chi connectivity index (χ3v) is 2.97. The second-order valence-electron chi connectivity index (χ2n) is 5.00. The Morgan fingerprint density at radius 3 is 2.54 bits per heavy atom. The van der Waals surface area contributed by atoms with E-state index in [2.05, 4.69) is 11.9 Å². The fourth-order valence-electron chi connectivity index (χ4n) is 1.64. The fraction of sp³-hybridized carbons (Fsp3) is 0.438. The maximum absolute atomic E-state index is 12.4. The maximum Gasteiger partial charge on any atom is 0.416 e. The number of halogens is 3. The van der Waals surface area contributed by atoms with Crippen LogP contribution in [0.15, 0.2) is 36.9 Å². The summed E-state index contributed by atoms with van der Waals surface area (Å²) in [4.78, 5) is 11.6. The lowest BCUT2D eigenvalue weighted by Crippen LogP contribution is -2.40. The summed E-state index contributed by atoms with van der Waals surface area (Å²) in [6.07, 6.45) is -4.60. The normalized spacial score (nSPS) is 13.9. The lowest BCUT2D eigenvalue weighted by molar-refractivity contribution is -0.137. The van der Waals surface area contributed by atoms with Crippen LogP contribution >= 0.6 is 0 Å². The van der Waals surface area contributed by atoms with Crippen molar-refractivity contribution >= 4 is 5.91 Å². The summed E-state index contributed by atoms with van der Waals surface area (Å²) in [6.45, 7) is 5.01. The standard InChI is InChI=1S/C16H20F3NO4/c1-3-8-23-11(2)15(22)20-9-13(21)10-24-14-6-4-12(5-7-14)16(17,18)19/h3-7,11,13,21H,1,8-10H2,2H3,(H,20,22). The monoisotopic (exact) mass is 347 g/mol. The van der Waals surface area contributed by atoms with Crippen LogP contribution in [0.1, 0.15) is 12.5 Å². The van der Waals surface area contributed by atoms with Crippen molar-refractivity contribution in [3.8, 4) is 5.75 Å². The molecule has 1 amide bonds. The SMILES string of the molecule is C=CCOC(C)C(=O)NCC(O)COc1ccc(C(F)(F)F)cc1. The first kappa shape index (κ1) is 20.0. The molecule has 134 valence electrons. The maximum atomic E-state index is 12.4. The Morgan fingerprint density at radius 2 is 2.00 bits per heavy atom. The number of rotatable bonds is 9. The molecule has 2 N–H and O–H groups in total. The van der Waals surface area contributed by atoms with Gasteiger partial charge in [-0.2, -0.15) is 13.2 Å². The number of amides is 1. The van der Waals surface area contributed by atoms with Gasteiger partial charge in [0.15, 0.2) is 0 Å². The van der Waals surface area contributed by atoms with Gasteiger partial charge in [-0.3, -0.25) is 4.79 Å². The summed E-state index contributed by atoms with van der Waals surface area (Å²) >= 11 is 0. The predicted molar refractivity (Wildman–Crippen MR) is 81.6 cm³/mol. The van der Waals surface area contributed by atoms with Crippen LogP contribution in [0.3, 0.4) is 0 Å². The highest BCUT2D eigenvalue weighted by Gasteiger charge is 2.30. The summed E-state index contributed by atoms with van der Waals surface area (Å²) in [5.74, 6) is -0.207. The number of hydrogen-bond donors (Lipinski definition) is 2. The van der Waals surface area contributed by atoms with Gasteiger partial charge < -0.3 is 19.9 Å². The summed E-state index contributed by atoms with van der Waals surface area (Å²) in [6, 6.07) is 4.11. The van der Waals surface area contributed by atoms with Gasteiger partial charge in [-0.1, -0.05) is 6.08 Å². The first-order valence-corrected chi connectivity index (χ1v) is 7.22. The van der Waals surface area contributed by atoms with E-state index in [9.17, 15) is 23.1 Å². The van der Waals surface area contributed by atoms with E-state index in [1.165, 1.54) is 18.2 Å². The van der Waals surface area contributed by atoms with Crippen LogP contribution in [0.5, 0.6) is 5.75 Å². The molecule has 8 heteroatoms. The number of carbonyl (C=O) groups is 1. The third kappa shape index (κ3) is 7.01. The number of ether oxygens (including phenoxy) is 2. The summed E-state index contributed by atoms with van der Waals surface area (Å²) in [7, 11) is 0. The molecule has 0 fully saturated rings. The zero-order valence-electron chi connectivity index (χ0n) is 13.2. The van der Waals surface area contributed by atoms with E-state index in [0.29, 0.717) is 0 Å². The minimum absolute atomic E-state index is 0.0682. The van der Waals surface area contributed by atoms with Gasteiger partial charge >= 0.3 is 6.18 Å². The molecule has 0 aliphatic carbocycles. The van der Waals surface area contributed by atoms with Gasteiger partial charge in [0, 0.05) is 6.54 Å². The molecule has 0 bridgehead atoms. The van der Waals surface area contributed by atoms with E-state index in [-0.39, 0.29) is 25.5 Å². The predicted octanol–water partition coefficient (Wildman–Crippen LogP) is 2.15. The van der Waals surface area contributed by atoms with Crippen molar-refractivity contribution in [1.29, 1.82) is 0 Å². The molecule has 0 radical (unpaired) electrons. The molecule has 0 heterocycles. The Labute approximate surface area is 138 Å². The quantitative estimate of drug-likeness (QED) is 0.672. The Morgan fingerprint density at radius 1 is 1.38 bits per heavy atom. The molecule has 1 aromatic rings. The topological polar surface area (TPSA) is 67.8 Å². The number of aliphatic hydroxyl groups is 1. The Balaban J connectivity index is 2.34. The van der Waals surface area contributed by atoms with Gasteiger partial charge in [-0.25, -0.2) is 0 Å². The van der Waals surface area contributed by atoms with E-state index in [4.69, 9.17) is 9.47 Å². The first-order chi connectivity index (χ1) is 11.2. The van der Waals surface area contributed by atoms with Crippen molar-refractivity contribution < 1.29 is 32.5 Å². The van der Waals surface area contributed by atoms with Crippen molar-refractivity contribution in [3.63, 3.8) is 0 Å². The molecule has 0 aliphatic rings. The van der Waals surface area contributed by atoms with E-state index in [0.717, 1.165) is 12.1 Å². The molecule has 0 saturated heterocycles. The largest absolute Gasteiger partial charge is 0.491 e. The Bertz CT molecular complexity index is 531. The van der Waals surface area contributed by atoms with Crippen LogP contribution in [0.2, 0.25) is 0 Å². The van der Waals surface area contributed by atoms with E-state index < -0.39 is 29.9 Å². The zero-order valence-corrected chi connectivity index (χ0v) is 13.2. The van der Waals surface area contributed by atoms with Gasteiger partial charge in [0.05, 0.1) is 12.2 Å². The Kier molecular flexibility index (Phi) is 7.73. The van der Waals surface area contributed by atoms with Crippen molar-refractivity contribution in [2.45, 2.75) is 25.3 Å². The minimum atomic E-state index is -4.41. The highest BCUT2D eigenvalue weighted by Crippen LogP contribution is 2.30. The molecule has 2 unspecified atom stereocenters.